The molecule has 0 atom stereocenters. The maximum absolute atomic E-state index is 11.0. The van der Waals surface area contributed by atoms with Crippen molar-refractivity contribution in [2.24, 2.45) is 0 Å². The standard InChI is InChI=1S/C13H12BrN3O3/c1-8-7-9(3-4-10(8)14)20-13-11(17(18)19)5-6-12(15-2)16-13/h3-7H,1-2H3,(H,15,16). The third-order valence-corrected chi connectivity index (χ3v) is 3.53. The number of hydrogen-bond donors (Lipinski definition) is 1. The van der Waals surface area contributed by atoms with Gasteiger partial charge in [0.25, 0.3) is 0 Å². The molecule has 0 spiro atoms. The van der Waals surface area contributed by atoms with Gasteiger partial charge in [-0.05, 0) is 36.8 Å². The molecule has 1 aromatic carbocycles. The van der Waals surface area contributed by atoms with Gasteiger partial charge in [-0.15, -0.1) is 0 Å². The molecule has 1 N–H and O–H groups in total. The van der Waals surface area contributed by atoms with Gasteiger partial charge in [-0.25, -0.2) is 0 Å². The lowest BCUT2D eigenvalue weighted by atomic mass is 10.2. The average molecular weight is 338 g/mol. The van der Waals surface area contributed by atoms with Crippen molar-refractivity contribution < 1.29 is 9.66 Å². The van der Waals surface area contributed by atoms with Crippen molar-refractivity contribution in [3.63, 3.8) is 0 Å². The fourth-order valence-corrected chi connectivity index (χ4v) is 1.83. The number of rotatable bonds is 4. The molecule has 7 heteroatoms. The lowest BCUT2D eigenvalue weighted by Crippen LogP contribution is -1.99. The first kappa shape index (κ1) is 14.3. The van der Waals surface area contributed by atoms with Crippen molar-refractivity contribution in [3.05, 3.63) is 50.5 Å². The number of nitrogens with zero attached hydrogens (tertiary/aromatic N) is 2. The molecule has 0 aliphatic heterocycles. The quantitative estimate of drug-likeness (QED) is 0.676. The molecular weight excluding hydrogens is 326 g/mol. The molecule has 1 aromatic heterocycles. The van der Waals surface area contributed by atoms with Crippen LogP contribution >= 0.6 is 15.9 Å². The highest BCUT2D eigenvalue weighted by molar-refractivity contribution is 9.10. The molecule has 0 saturated carbocycles. The maximum Gasteiger partial charge on any atom is 0.331 e. The Morgan fingerprint density at radius 2 is 2.10 bits per heavy atom. The van der Waals surface area contributed by atoms with E-state index in [9.17, 15) is 10.1 Å². The Balaban J connectivity index is 2.40. The second-order valence-electron chi connectivity index (χ2n) is 4.04. The van der Waals surface area contributed by atoms with Crippen molar-refractivity contribution in [3.8, 4) is 11.6 Å². The van der Waals surface area contributed by atoms with Gasteiger partial charge in [0.2, 0.25) is 0 Å². The minimum Gasteiger partial charge on any atom is -0.434 e. The zero-order valence-corrected chi connectivity index (χ0v) is 12.5. The average Bonchev–Trinajstić information content (AvgIpc) is 2.42. The number of nitrogens with one attached hydrogen (secondary N) is 1. The SMILES string of the molecule is CNc1ccc([N+](=O)[O-])c(Oc2ccc(Br)c(C)c2)n1. The summed E-state index contributed by atoms with van der Waals surface area (Å²) in [6.45, 7) is 1.91. The summed E-state index contributed by atoms with van der Waals surface area (Å²) >= 11 is 3.39. The number of nitro groups is 1. The van der Waals surface area contributed by atoms with Crippen molar-refractivity contribution in [1.29, 1.82) is 0 Å². The Hall–Kier alpha value is -2.15. The van der Waals surface area contributed by atoms with Crippen LogP contribution in [0, 0.1) is 17.0 Å². The minimum absolute atomic E-state index is 0.0384. The van der Waals surface area contributed by atoms with Crippen LogP contribution in [0.5, 0.6) is 11.6 Å². The molecule has 20 heavy (non-hydrogen) atoms. The number of halogens is 1. The Labute approximate surface area is 124 Å². The van der Waals surface area contributed by atoms with Gasteiger partial charge in [0, 0.05) is 17.6 Å². The lowest BCUT2D eigenvalue weighted by Gasteiger charge is -2.08. The largest absolute Gasteiger partial charge is 0.434 e. The van der Waals surface area contributed by atoms with E-state index in [1.54, 1.807) is 19.2 Å². The van der Waals surface area contributed by atoms with Crippen LogP contribution in [0.1, 0.15) is 5.56 Å². The number of ether oxygens (including phenoxy) is 1. The second-order valence-corrected chi connectivity index (χ2v) is 4.90. The smallest absolute Gasteiger partial charge is 0.331 e. The first-order valence-electron chi connectivity index (χ1n) is 5.78. The summed E-state index contributed by atoms with van der Waals surface area (Å²) in [6.07, 6.45) is 0. The summed E-state index contributed by atoms with van der Waals surface area (Å²) < 4.78 is 6.48. The summed E-state index contributed by atoms with van der Waals surface area (Å²) in [5, 5.41) is 13.8. The molecule has 0 unspecified atom stereocenters. The molecule has 104 valence electrons. The highest BCUT2D eigenvalue weighted by Gasteiger charge is 2.18. The van der Waals surface area contributed by atoms with Crippen LogP contribution in [0.2, 0.25) is 0 Å². The first-order valence-corrected chi connectivity index (χ1v) is 6.57. The third kappa shape index (κ3) is 3.05. The van der Waals surface area contributed by atoms with Gasteiger partial charge in [0.15, 0.2) is 0 Å². The molecule has 0 fully saturated rings. The Kier molecular flexibility index (Phi) is 4.19. The first-order chi connectivity index (χ1) is 9.51. The topological polar surface area (TPSA) is 77.3 Å². The van der Waals surface area contributed by atoms with Crippen LogP contribution in [0.4, 0.5) is 11.5 Å². The number of benzene rings is 1. The molecule has 0 aliphatic rings. The van der Waals surface area contributed by atoms with E-state index in [0.29, 0.717) is 11.6 Å². The maximum atomic E-state index is 11.0. The molecule has 2 rings (SSSR count). The summed E-state index contributed by atoms with van der Waals surface area (Å²) in [6, 6.07) is 8.20. The molecule has 0 saturated heterocycles. The Morgan fingerprint density at radius 1 is 1.35 bits per heavy atom. The summed E-state index contributed by atoms with van der Waals surface area (Å²) in [7, 11) is 1.68. The molecular formula is C13H12BrN3O3. The zero-order valence-electron chi connectivity index (χ0n) is 10.9. The van der Waals surface area contributed by atoms with E-state index in [1.165, 1.54) is 12.1 Å². The van der Waals surface area contributed by atoms with Crippen molar-refractivity contribution in [2.75, 3.05) is 12.4 Å². The Bertz CT molecular complexity index is 661. The molecule has 1 heterocycles. The number of aryl methyl sites for hydroxylation is 1. The van der Waals surface area contributed by atoms with Gasteiger partial charge < -0.3 is 10.1 Å². The van der Waals surface area contributed by atoms with Crippen LogP contribution in [-0.2, 0) is 0 Å². The number of hydrogen-bond acceptors (Lipinski definition) is 5. The summed E-state index contributed by atoms with van der Waals surface area (Å²) in [5.74, 6) is 0.956. The van der Waals surface area contributed by atoms with Crippen molar-refractivity contribution in [1.82, 2.24) is 4.98 Å². The molecule has 0 aliphatic carbocycles. The van der Waals surface area contributed by atoms with Crippen LogP contribution < -0.4 is 10.1 Å². The van der Waals surface area contributed by atoms with Gasteiger partial charge in [0.1, 0.15) is 11.6 Å². The molecule has 0 bridgehead atoms. The second kappa shape index (κ2) is 5.87. The monoisotopic (exact) mass is 337 g/mol. The Morgan fingerprint density at radius 3 is 2.70 bits per heavy atom. The van der Waals surface area contributed by atoms with Gasteiger partial charge in [-0.2, -0.15) is 4.98 Å². The molecule has 0 radical (unpaired) electrons. The van der Waals surface area contributed by atoms with E-state index in [1.807, 2.05) is 13.0 Å². The van der Waals surface area contributed by atoms with Crippen molar-refractivity contribution in [2.45, 2.75) is 6.92 Å². The predicted molar refractivity (Wildman–Crippen MR) is 79.4 cm³/mol. The fraction of sp³-hybridized carbons (Fsp3) is 0.154. The third-order valence-electron chi connectivity index (χ3n) is 2.64. The normalized spacial score (nSPS) is 10.2. The van der Waals surface area contributed by atoms with Crippen LogP contribution in [-0.4, -0.2) is 17.0 Å². The van der Waals surface area contributed by atoms with Crippen LogP contribution in [0.3, 0.4) is 0 Å². The number of anilines is 1. The highest BCUT2D eigenvalue weighted by atomic mass is 79.9. The highest BCUT2D eigenvalue weighted by Crippen LogP contribution is 2.32. The molecule has 2 aromatic rings. The van der Waals surface area contributed by atoms with Gasteiger partial charge in [0.05, 0.1) is 4.92 Å². The van der Waals surface area contributed by atoms with Crippen LogP contribution in [0.25, 0.3) is 0 Å². The zero-order chi connectivity index (χ0) is 14.7. The van der Waals surface area contributed by atoms with E-state index >= 15 is 0 Å². The summed E-state index contributed by atoms with van der Waals surface area (Å²) in [5.41, 5.74) is 0.791. The van der Waals surface area contributed by atoms with Crippen molar-refractivity contribution >= 4 is 27.4 Å². The molecule has 0 amide bonds. The minimum atomic E-state index is -0.520. The predicted octanol–water partition coefficient (Wildman–Crippen LogP) is 3.89. The van der Waals surface area contributed by atoms with Crippen LogP contribution in [0.15, 0.2) is 34.8 Å². The van der Waals surface area contributed by atoms with E-state index < -0.39 is 4.92 Å². The fourth-order valence-electron chi connectivity index (χ4n) is 1.58. The van der Waals surface area contributed by atoms with Gasteiger partial charge >= 0.3 is 11.6 Å². The van der Waals surface area contributed by atoms with Gasteiger partial charge in [-0.3, -0.25) is 10.1 Å². The van der Waals surface area contributed by atoms with E-state index in [2.05, 4.69) is 26.2 Å². The molecule has 6 nitrogen and oxygen atoms in total. The summed E-state index contributed by atoms with van der Waals surface area (Å²) in [4.78, 5) is 14.5. The van der Waals surface area contributed by atoms with E-state index in [-0.39, 0.29) is 11.6 Å². The van der Waals surface area contributed by atoms with E-state index in [4.69, 9.17) is 4.74 Å². The van der Waals surface area contributed by atoms with E-state index in [0.717, 1.165) is 10.0 Å². The number of pyridine rings is 1. The lowest BCUT2D eigenvalue weighted by molar-refractivity contribution is -0.386. The number of aromatic nitrogens is 1. The van der Waals surface area contributed by atoms with Gasteiger partial charge in [-0.1, -0.05) is 15.9 Å².